The van der Waals surface area contributed by atoms with Crippen molar-refractivity contribution in [1.82, 2.24) is 15.2 Å². The van der Waals surface area contributed by atoms with Crippen molar-refractivity contribution in [1.29, 1.82) is 0 Å². The minimum atomic E-state index is 0.468. The predicted molar refractivity (Wildman–Crippen MR) is 84.2 cm³/mol. The fourth-order valence-corrected chi connectivity index (χ4v) is 3.61. The van der Waals surface area contributed by atoms with E-state index in [0.717, 1.165) is 38.6 Å². The van der Waals surface area contributed by atoms with Gasteiger partial charge < -0.3 is 10.1 Å². The monoisotopic (exact) mass is 289 g/mol. The standard InChI is InChI=1S/C17H27N3O/c1-2-16-10-14(5-9-21-16)13-20-8-7-19-12-17(20)15-4-3-6-18-11-15/h3-4,6,11,14,16-17,19H,2,5,7-10,12-13H2,1H3. The number of nitrogens with zero attached hydrogens (tertiary/aromatic N) is 2. The molecular weight excluding hydrogens is 262 g/mol. The molecule has 0 aromatic carbocycles. The average molecular weight is 289 g/mol. The highest BCUT2D eigenvalue weighted by Gasteiger charge is 2.28. The molecular formula is C17H27N3O. The SMILES string of the molecule is CCC1CC(CN2CCNCC2c2cccnc2)CCO1. The maximum absolute atomic E-state index is 5.82. The van der Waals surface area contributed by atoms with Gasteiger partial charge in [0.2, 0.25) is 0 Å². The van der Waals surface area contributed by atoms with Gasteiger partial charge in [0.25, 0.3) is 0 Å². The number of rotatable bonds is 4. The van der Waals surface area contributed by atoms with Crippen LogP contribution in [0.5, 0.6) is 0 Å². The number of ether oxygens (including phenoxy) is 1. The third-order valence-corrected chi connectivity index (χ3v) is 4.85. The molecule has 2 aliphatic heterocycles. The summed E-state index contributed by atoms with van der Waals surface area (Å²) >= 11 is 0. The van der Waals surface area contributed by atoms with Crippen molar-refractivity contribution in [3.05, 3.63) is 30.1 Å². The van der Waals surface area contributed by atoms with Crippen LogP contribution < -0.4 is 5.32 Å². The molecule has 0 aliphatic carbocycles. The van der Waals surface area contributed by atoms with E-state index in [1.807, 2.05) is 18.5 Å². The topological polar surface area (TPSA) is 37.4 Å². The Morgan fingerprint density at radius 1 is 1.48 bits per heavy atom. The molecule has 1 aromatic heterocycles. The molecule has 0 amide bonds. The van der Waals surface area contributed by atoms with Gasteiger partial charge in [-0.3, -0.25) is 9.88 Å². The van der Waals surface area contributed by atoms with E-state index in [1.165, 1.54) is 24.9 Å². The lowest BCUT2D eigenvalue weighted by Gasteiger charge is -2.40. The number of hydrogen-bond acceptors (Lipinski definition) is 4. The predicted octanol–water partition coefficient (Wildman–Crippen LogP) is 2.23. The fourth-order valence-electron chi connectivity index (χ4n) is 3.61. The lowest BCUT2D eigenvalue weighted by Crippen LogP contribution is -2.48. The second kappa shape index (κ2) is 7.34. The average Bonchev–Trinajstić information content (AvgIpc) is 2.56. The molecule has 0 saturated carbocycles. The van der Waals surface area contributed by atoms with Gasteiger partial charge in [-0.25, -0.2) is 0 Å². The maximum Gasteiger partial charge on any atom is 0.0575 e. The summed E-state index contributed by atoms with van der Waals surface area (Å²) in [6.45, 7) is 7.63. The Kier molecular flexibility index (Phi) is 5.22. The molecule has 2 fully saturated rings. The summed E-state index contributed by atoms with van der Waals surface area (Å²) in [6.07, 6.45) is 7.92. The zero-order chi connectivity index (χ0) is 14.5. The van der Waals surface area contributed by atoms with E-state index in [9.17, 15) is 0 Å². The Labute approximate surface area is 127 Å². The van der Waals surface area contributed by atoms with Gasteiger partial charge in [0, 0.05) is 51.2 Å². The molecule has 1 N–H and O–H groups in total. The van der Waals surface area contributed by atoms with Crippen LogP contribution in [-0.2, 0) is 4.74 Å². The highest BCUT2D eigenvalue weighted by atomic mass is 16.5. The Bertz CT molecular complexity index is 425. The Hall–Kier alpha value is -0.970. The molecule has 3 rings (SSSR count). The van der Waals surface area contributed by atoms with E-state index in [0.29, 0.717) is 12.1 Å². The van der Waals surface area contributed by atoms with Crippen molar-refractivity contribution in [2.45, 2.75) is 38.3 Å². The van der Waals surface area contributed by atoms with Gasteiger partial charge in [-0.1, -0.05) is 13.0 Å². The van der Waals surface area contributed by atoms with Crippen molar-refractivity contribution in [3.63, 3.8) is 0 Å². The molecule has 116 valence electrons. The van der Waals surface area contributed by atoms with Gasteiger partial charge >= 0.3 is 0 Å². The summed E-state index contributed by atoms with van der Waals surface area (Å²) in [6, 6.07) is 4.72. The van der Waals surface area contributed by atoms with Crippen LogP contribution in [0.3, 0.4) is 0 Å². The zero-order valence-corrected chi connectivity index (χ0v) is 13.0. The van der Waals surface area contributed by atoms with Gasteiger partial charge in [0.1, 0.15) is 0 Å². The third kappa shape index (κ3) is 3.82. The molecule has 3 heterocycles. The second-order valence-corrected chi connectivity index (χ2v) is 6.29. The molecule has 1 aromatic rings. The molecule has 0 bridgehead atoms. The van der Waals surface area contributed by atoms with E-state index in [-0.39, 0.29) is 0 Å². The third-order valence-electron chi connectivity index (χ3n) is 4.85. The zero-order valence-electron chi connectivity index (χ0n) is 13.0. The summed E-state index contributed by atoms with van der Waals surface area (Å²) in [5, 5.41) is 3.53. The number of pyridine rings is 1. The smallest absolute Gasteiger partial charge is 0.0575 e. The van der Waals surface area contributed by atoms with Crippen molar-refractivity contribution in [2.24, 2.45) is 5.92 Å². The largest absolute Gasteiger partial charge is 0.378 e. The number of nitrogens with one attached hydrogen (secondary N) is 1. The molecule has 2 saturated heterocycles. The quantitative estimate of drug-likeness (QED) is 0.922. The number of hydrogen-bond donors (Lipinski definition) is 1. The number of aromatic nitrogens is 1. The van der Waals surface area contributed by atoms with Crippen molar-refractivity contribution >= 4 is 0 Å². The van der Waals surface area contributed by atoms with Crippen LogP contribution in [0.25, 0.3) is 0 Å². The lowest BCUT2D eigenvalue weighted by atomic mass is 9.92. The van der Waals surface area contributed by atoms with E-state index >= 15 is 0 Å². The Balaban J connectivity index is 1.64. The summed E-state index contributed by atoms with van der Waals surface area (Å²) < 4.78 is 5.82. The Morgan fingerprint density at radius 2 is 2.43 bits per heavy atom. The van der Waals surface area contributed by atoms with E-state index < -0.39 is 0 Å². The first-order valence-electron chi connectivity index (χ1n) is 8.33. The summed E-state index contributed by atoms with van der Waals surface area (Å²) in [5.74, 6) is 0.779. The summed E-state index contributed by atoms with van der Waals surface area (Å²) in [4.78, 5) is 6.94. The van der Waals surface area contributed by atoms with E-state index in [2.05, 4.69) is 28.2 Å². The van der Waals surface area contributed by atoms with E-state index in [1.54, 1.807) is 0 Å². The maximum atomic E-state index is 5.82. The van der Waals surface area contributed by atoms with Crippen LogP contribution in [-0.4, -0.2) is 48.8 Å². The lowest BCUT2D eigenvalue weighted by molar-refractivity contribution is -0.0223. The normalized spacial score (nSPS) is 31.2. The fraction of sp³-hybridized carbons (Fsp3) is 0.706. The van der Waals surface area contributed by atoms with Gasteiger partial charge in [0.05, 0.1) is 6.10 Å². The van der Waals surface area contributed by atoms with Gasteiger partial charge in [-0.2, -0.15) is 0 Å². The molecule has 2 aliphatic rings. The first-order valence-corrected chi connectivity index (χ1v) is 8.33. The van der Waals surface area contributed by atoms with Gasteiger partial charge in [-0.05, 0) is 36.8 Å². The van der Waals surface area contributed by atoms with Crippen molar-refractivity contribution < 1.29 is 4.74 Å². The minimum Gasteiger partial charge on any atom is -0.378 e. The van der Waals surface area contributed by atoms with Crippen LogP contribution in [0.2, 0.25) is 0 Å². The minimum absolute atomic E-state index is 0.468. The molecule has 0 radical (unpaired) electrons. The van der Waals surface area contributed by atoms with Crippen molar-refractivity contribution in [3.8, 4) is 0 Å². The Morgan fingerprint density at radius 3 is 3.24 bits per heavy atom. The van der Waals surface area contributed by atoms with Crippen molar-refractivity contribution in [2.75, 3.05) is 32.8 Å². The second-order valence-electron chi connectivity index (χ2n) is 6.29. The molecule has 3 unspecified atom stereocenters. The molecule has 0 spiro atoms. The first kappa shape index (κ1) is 14.9. The van der Waals surface area contributed by atoms with Crippen LogP contribution in [0.15, 0.2) is 24.5 Å². The molecule has 4 heteroatoms. The van der Waals surface area contributed by atoms with E-state index in [4.69, 9.17) is 4.74 Å². The van der Waals surface area contributed by atoms with Crippen LogP contribution in [0.1, 0.15) is 37.8 Å². The summed E-state index contributed by atoms with van der Waals surface area (Å²) in [5.41, 5.74) is 1.34. The molecule has 3 atom stereocenters. The van der Waals surface area contributed by atoms with Crippen LogP contribution >= 0.6 is 0 Å². The van der Waals surface area contributed by atoms with Gasteiger partial charge in [0.15, 0.2) is 0 Å². The van der Waals surface area contributed by atoms with Crippen LogP contribution in [0, 0.1) is 5.92 Å². The number of piperazine rings is 1. The van der Waals surface area contributed by atoms with Gasteiger partial charge in [-0.15, -0.1) is 0 Å². The summed E-state index contributed by atoms with van der Waals surface area (Å²) in [7, 11) is 0. The molecule has 4 nitrogen and oxygen atoms in total. The first-order chi connectivity index (χ1) is 10.4. The highest BCUT2D eigenvalue weighted by Crippen LogP contribution is 2.27. The highest BCUT2D eigenvalue weighted by molar-refractivity contribution is 5.15. The molecule has 21 heavy (non-hydrogen) atoms. The van der Waals surface area contributed by atoms with Crippen LogP contribution in [0.4, 0.5) is 0 Å².